The molecule has 1 aromatic heterocycles. The number of ether oxygens (including phenoxy) is 1. The summed E-state index contributed by atoms with van der Waals surface area (Å²) in [6.07, 6.45) is 2.37. The van der Waals surface area contributed by atoms with Gasteiger partial charge in [-0.3, -0.25) is 4.79 Å². The predicted molar refractivity (Wildman–Crippen MR) is 84.9 cm³/mol. The normalized spacial score (nSPS) is 15.8. The highest BCUT2D eigenvalue weighted by Crippen LogP contribution is 2.32. The second kappa shape index (κ2) is 5.87. The maximum absolute atomic E-state index is 11.6. The molecule has 4 nitrogen and oxygen atoms in total. The summed E-state index contributed by atoms with van der Waals surface area (Å²) in [5, 5.41) is 4.90. The molecule has 0 aliphatic carbocycles. The van der Waals surface area contributed by atoms with Crippen LogP contribution in [0.5, 0.6) is 5.75 Å². The minimum Gasteiger partial charge on any atom is -0.496 e. The largest absolute Gasteiger partial charge is 0.496 e. The fraction of sp³-hybridized carbons (Fsp3) is 0.312. The number of amides is 1. The van der Waals surface area contributed by atoms with E-state index in [4.69, 9.17) is 10.5 Å². The van der Waals surface area contributed by atoms with Crippen molar-refractivity contribution in [1.82, 2.24) is 0 Å². The molecule has 1 atom stereocenters. The van der Waals surface area contributed by atoms with E-state index >= 15 is 0 Å². The average molecular weight is 302 g/mol. The minimum absolute atomic E-state index is 0.0915. The number of aryl methyl sites for hydroxylation is 1. The molecule has 110 valence electrons. The van der Waals surface area contributed by atoms with Gasteiger partial charge in [-0.25, -0.2) is 0 Å². The Morgan fingerprint density at radius 2 is 2.19 bits per heavy atom. The van der Waals surface area contributed by atoms with Gasteiger partial charge in [0, 0.05) is 22.4 Å². The van der Waals surface area contributed by atoms with E-state index in [1.807, 2.05) is 23.6 Å². The van der Waals surface area contributed by atoms with Crippen LogP contribution in [0.2, 0.25) is 0 Å². The van der Waals surface area contributed by atoms with Crippen molar-refractivity contribution in [2.75, 3.05) is 12.4 Å². The lowest BCUT2D eigenvalue weighted by Gasteiger charge is -2.14. The van der Waals surface area contributed by atoms with E-state index in [0.717, 1.165) is 40.3 Å². The van der Waals surface area contributed by atoms with Gasteiger partial charge >= 0.3 is 0 Å². The van der Waals surface area contributed by atoms with E-state index < -0.39 is 0 Å². The smallest absolute Gasteiger partial charge is 0.224 e. The molecule has 2 heterocycles. The van der Waals surface area contributed by atoms with Gasteiger partial charge in [0.2, 0.25) is 5.91 Å². The van der Waals surface area contributed by atoms with Crippen molar-refractivity contribution in [2.45, 2.75) is 25.3 Å². The van der Waals surface area contributed by atoms with Crippen LogP contribution in [0.4, 0.5) is 5.69 Å². The summed E-state index contributed by atoms with van der Waals surface area (Å²) in [5.74, 6) is 0.932. The summed E-state index contributed by atoms with van der Waals surface area (Å²) in [6.45, 7) is 0. The SMILES string of the molecule is COc1csc(C(N)c2ccc3c(c2)CCCC(=O)N3)c1. The molecule has 0 saturated carbocycles. The summed E-state index contributed by atoms with van der Waals surface area (Å²) in [6, 6.07) is 7.86. The molecule has 3 N–H and O–H groups in total. The van der Waals surface area contributed by atoms with Crippen molar-refractivity contribution in [3.05, 3.63) is 45.6 Å². The number of benzene rings is 1. The number of rotatable bonds is 3. The number of nitrogens with two attached hydrogens (primary N) is 1. The molecule has 3 rings (SSSR count). The zero-order valence-electron chi connectivity index (χ0n) is 11.9. The number of methoxy groups -OCH3 is 1. The number of nitrogens with one attached hydrogen (secondary N) is 1. The zero-order chi connectivity index (χ0) is 14.8. The first-order valence-electron chi connectivity index (χ1n) is 6.98. The number of carbonyl (C=O) groups excluding carboxylic acids is 1. The van der Waals surface area contributed by atoms with Crippen LogP contribution in [0.25, 0.3) is 0 Å². The van der Waals surface area contributed by atoms with Gasteiger partial charge in [0.05, 0.1) is 13.2 Å². The molecule has 1 aromatic carbocycles. The number of thiophene rings is 1. The van der Waals surface area contributed by atoms with Crippen molar-refractivity contribution < 1.29 is 9.53 Å². The highest BCUT2D eigenvalue weighted by atomic mass is 32.1. The third-order valence-electron chi connectivity index (χ3n) is 3.75. The molecule has 2 aromatic rings. The Hall–Kier alpha value is -1.85. The number of hydrogen-bond donors (Lipinski definition) is 2. The Balaban J connectivity index is 1.89. The van der Waals surface area contributed by atoms with Crippen LogP contribution in [-0.4, -0.2) is 13.0 Å². The van der Waals surface area contributed by atoms with E-state index in [-0.39, 0.29) is 11.9 Å². The molecular formula is C16H18N2O2S. The van der Waals surface area contributed by atoms with Crippen LogP contribution in [0, 0.1) is 0 Å². The highest BCUT2D eigenvalue weighted by molar-refractivity contribution is 7.10. The van der Waals surface area contributed by atoms with Gasteiger partial charge in [0.25, 0.3) is 0 Å². The molecule has 21 heavy (non-hydrogen) atoms. The molecule has 0 bridgehead atoms. The molecule has 1 unspecified atom stereocenters. The third-order valence-corrected chi connectivity index (χ3v) is 4.74. The van der Waals surface area contributed by atoms with Gasteiger partial charge in [-0.2, -0.15) is 0 Å². The van der Waals surface area contributed by atoms with Crippen molar-refractivity contribution in [2.24, 2.45) is 5.73 Å². The monoisotopic (exact) mass is 302 g/mol. The van der Waals surface area contributed by atoms with Gasteiger partial charge < -0.3 is 15.8 Å². The van der Waals surface area contributed by atoms with Crippen LogP contribution < -0.4 is 15.8 Å². The second-order valence-corrected chi connectivity index (χ2v) is 6.13. The van der Waals surface area contributed by atoms with Crippen LogP contribution >= 0.6 is 11.3 Å². The van der Waals surface area contributed by atoms with Crippen LogP contribution in [-0.2, 0) is 11.2 Å². The van der Waals surface area contributed by atoms with Crippen molar-refractivity contribution in [3.63, 3.8) is 0 Å². The first-order chi connectivity index (χ1) is 10.2. The Labute approximate surface area is 127 Å². The Morgan fingerprint density at radius 3 is 2.95 bits per heavy atom. The first kappa shape index (κ1) is 14.1. The van der Waals surface area contributed by atoms with Gasteiger partial charge in [0.1, 0.15) is 5.75 Å². The second-order valence-electron chi connectivity index (χ2n) is 5.18. The Morgan fingerprint density at radius 1 is 1.33 bits per heavy atom. The molecular weight excluding hydrogens is 284 g/mol. The summed E-state index contributed by atoms with van der Waals surface area (Å²) in [7, 11) is 1.66. The van der Waals surface area contributed by atoms with Gasteiger partial charge in [-0.05, 0) is 36.1 Å². The topological polar surface area (TPSA) is 64.3 Å². The Bertz CT molecular complexity index is 666. The van der Waals surface area contributed by atoms with Gasteiger partial charge in [0.15, 0.2) is 0 Å². The molecule has 0 saturated heterocycles. The summed E-state index contributed by atoms with van der Waals surface area (Å²) >= 11 is 1.60. The van der Waals surface area contributed by atoms with E-state index in [2.05, 4.69) is 11.4 Å². The standard InChI is InChI=1S/C16H18N2O2S/c1-20-12-8-14(21-9-12)16(17)11-5-6-13-10(7-11)3-2-4-15(19)18-13/h5-9,16H,2-4,17H2,1H3,(H,18,19). The molecule has 1 amide bonds. The molecule has 1 aliphatic heterocycles. The molecule has 1 aliphatic rings. The van der Waals surface area contributed by atoms with E-state index in [9.17, 15) is 4.79 Å². The van der Waals surface area contributed by atoms with Crippen LogP contribution in [0.1, 0.15) is 34.9 Å². The van der Waals surface area contributed by atoms with E-state index in [1.54, 1.807) is 18.4 Å². The lowest BCUT2D eigenvalue weighted by molar-refractivity contribution is -0.116. The fourth-order valence-electron chi connectivity index (χ4n) is 2.56. The van der Waals surface area contributed by atoms with Gasteiger partial charge in [-0.1, -0.05) is 12.1 Å². The van der Waals surface area contributed by atoms with Crippen molar-refractivity contribution in [1.29, 1.82) is 0 Å². The molecule has 0 spiro atoms. The molecule has 0 radical (unpaired) electrons. The van der Waals surface area contributed by atoms with E-state index in [0.29, 0.717) is 6.42 Å². The summed E-state index contributed by atoms with van der Waals surface area (Å²) in [4.78, 5) is 12.6. The number of carbonyl (C=O) groups is 1. The van der Waals surface area contributed by atoms with Crippen LogP contribution in [0.15, 0.2) is 29.6 Å². The molecule has 0 fully saturated rings. The average Bonchev–Trinajstić information content (AvgIpc) is 2.89. The Kier molecular flexibility index (Phi) is 3.94. The van der Waals surface area contributed by atoms with Crippen molar-refractivity contribution in [3.8, 4) is 5.75 Å². The lowest BCUT2D eigenvalue weighted by Crippen LogP contribution is -2.12. The minimum atomic E-state index is -0.164. The first-order valence-corrected chi connectivity index (χ1v) is 7.86. The predicted octanol–water partition coefficient (Wildman–Crippen LogP) is 3.08. The van der Waals surface area contributed by atoms with E-state index in [1.165, 1.54) is 0 Å². The van der Waals surface area contributed by atoms with Crippen LogP contribution in [0.3, 0.4) is 0 Å². The summed E-state index contributed by atoms with van der Waals surface area (Å²) < 4.78 is 5.21. The third kappa shape index (κ3) is 2.94. The number of fused-ring (bicyclic) bond motifs is 1. The number of hydrogen-bond acceptors (Lipinski definition) is 4. The quantitative estimate of drug-likeness (QED) is 0.915. The highest BCUT2D eigenvalue weighted by Gasteiger charge is 2.17. The lowest BCUT2D eigenvalue weighted by atomic mass is 9.99. The molecule has 5 heteroatoms. The maximum atomic E-state index is 11.6. The zero-order valence-corrected chi connectivity index (χ0v) is 12.7. The fourth-order valence-corrected chi connectivity index (χ4v) is 3.44. The maximum Gasteiger partial charge on any atom is 0.224 e. The van der Waals surface area contributed by atoms with Gasteiger partial charge in [-0.15, -0.1) is 11.3 Å². The summed E-state index contributed by atoms with van der Waals surface area (Å²) in [5.41, 5.74) is 9.49. The van der Waals surface area contributed by atoms with Crippen molar-refractivity contribution >= 4 is 22.9 Å². The number of anilines is 1.